The van der Waals surface area contributed by atoms with Gasteiger partial charge >= 0.3 is 0 Å². The van der Waals surface area contributed by atoms with Crippen molar-refractivity contribution in [2.75, 3.05) is 17.3 Å². The van der Waals surface area contributed by atoms with Crippen molar-refractivity contribution in [1.29, 1.82) is 0 Å². The highest BCUT2D eigenvalue weighted by molar-refractivity contribution is 8.06. The molecule has 0 radical (unpaired) electrons. The maximum atomic E-state index is 5.83. The quantitative estimate of drug-likeness (QED) is 0.672. The van der Waals surface area contributed by atoms with Crippen molar-refractivity contribution in [3.63, 3.8) is 0 Å². The van der Waals surface area contributed by atoms with Gasteiger partial charge < -0.3 is 0 Å². The van der Waals surface area contributed by atoms with Crippen molar-refractivity contribution in [1.82, 2.24) is 10.4 Å². The highest BCUT2D eigenvalue weighted by Gasteiger charge is 2.26. The summed E-state index contributed by atoms with van der Waals surface area (Å²) < 4.78 is 0. The Bertz CT molecular complexity index is 550. The van der Waals surface area contributed by atoms with Gasteiger partial charge in [0.2, 0.25) is 0 Å². The van der Waals surface area contributed by atoms with E-state index in [4.69, 9.17) is 5.84 Å². The summed E-state index contributed by atoms with van der Waals surface area (Å²) in [5, 5.41) is 2.93. The zero-order chi connectivity index (χ0) is 13.1. The van der Waals surface area contributed by atoms with E-state index in [9.17, 15) is 0 Å². The number of nitrogens with zero attached hydrogens (tertiary/aromatic N) is 1. The van der Waals surface area contributed by atoms with Crippen LogP contribution >= 0.6 is 23.5 Å². The topological polar surface area (TPSA) is 50.9 Å². The number of rotatable bonds is 3. The second kappa shape index (κ2) is 6.13. The van der Waals surface area contributed by atoms with Gasteiger partial charge in [0.25, 0.3) is 0 Å². The molecule has 0 amide bonds. The van der Waals surface area contributed by atoms with Crippen LogP contribution in [0.15, 0.2) is 36.7 Å². The van der Waals surface area contributed by atoms with Crippen molar-refractivity contribution < 1.29 is 0 Å². The average molecular weight is 291 g/mol. The number of hydrazine groups is 1. The van der Waals surface area contributed by atoms with Crippen LogP contribution in [-0.4, -0.2) is 27.5 Å². The fraction of sp³-hybridized carbons (Fsp3) is 0.357. The predicted molar refractivity (Wildman–Crippen MR) is 85.4 cm³/mol. The molecule has 0 aliphatic carbocycles. The maximum absolute atomic E-state index is 5.83. The minimum atomic E-state index is 0.163. The SMILES string of the molecule is NNC(c1cncc2ccccc12)C1CSCCS1. The lowest BCUT2D eigenvalue weighted by Gasteiger charge is -2.29. The van der Waals surface area contributed by atoms with Gasteiger partial charge in [0.15, 0.2) is 0 Å². The molecule has 1 saturated heterocycles. The van der Waals surface area contributed by atoms with Gasteiger partial charge in [0, 0.05) is 40.3 Å². The number of nitrogens with two attached hydrogens (primary N) is 1. The Balaban J connectivity index is 2.00. The van der Waals surface area contributed by atoms with Crippen molar-refractivity contribution >= 4 is 34.3 Å². The molecule has 1 aromatic carbocycles. The molecule has 100 valence electrons. The third-order valence-electron chi connectivity index (χ3n) is 3.43. The van der Waals surface area contributed by atoms with Gasteiger partial charge in [0.1, 0.15) is 0 Å². The Hall–Kier alpha value is -0.750. The van der Waals surface area contributed by atoms with Crippen LogP contribution < -0.4 is 11.3 Å². The van der Waals surface area contributed by atoms with Crippen LogP contribution in [0, 0.1) is 0 Å². The second-order valence-electron chi connectivity index (χ2n) is 4.58. The number of thioether (sulfide) groups is 2. The van der Waals surface area contributed by atoms with E-state index in [2.05, 4.69) is 28.6 Å². The number of aromatic nitrogens is 1. The number of pyridine rings is 1. The molecule has 1 aromatic heterocycles. The first-order valence-corrected chi connectivity index (χ1v) is 8.58. The van der Waals surface area contributed by atoms with Gasteiger partial charge in [-0.3, -0.25) is 16.3 Å². The Morgan fingerprint density at radius 3 is 2.95 bits per heavy atom. The molecule has 3 N–H and O–H groups in total. The smallest absolute Gasteiger partial charge is 0.0607 e. The summed E-state index contributed by atoms with van der Waals surface area (Å²) in [6.07, 6.45) is 3.86. The lowest BCUT2D eigenvalue weighted by atomic mass is 10.00. The van der Waals surface area contributed by atoms with Crippen LogP contribution in [0.2, 0.25) is 0 Å². The molecule has 0 bridgehead atoms. The summed E-state index contributed by atoms with van der Waals surface area (Å²) in [7, 11) is 0. The summed E-state index contributed by atoms with van der Waals surface area (Å²) in [5.74, 6) is 9.41. The van der Waals surface area contributed by atoms with Crippen molar-refractivity contribution in [2.45, 2.75) is 11.3 Å². The highest BCUT2D eigenvalue weighted by atomic mass is 32.2. The van der Waals surface area contributed by atoms with Crippen LogP contribution in [0.1, 0.15) is 11.6 Å². The third kappa shape index (κ3) is 2.74. The standard InChI is InChI=1S/C14H17N3S2/c15-17-14(13-9-18-5-6-19-13)12-8-16-7-10-3-1-2-4-11(10)12/h1-4,7-8,13-14,17H,5-6,9,15H2. The van der Waals surface area contributed by atoms with E-state index in [-0.39, 0.29) is 6.04 Å². The molecule has 5 heteroatoms. The van der Waals surface area contributed by atoms with Crippen LogP contribution in [0.5, 0.6) is 0 Å². The van der Waals surface area contributed by atoms with Gasteiger partial charge in [-0.15, -0.1) is 0 Å². The molecule has 2 unspecified atom stereocenters. The van der Waals surface area contributed by atoms with Crippen molar-refractivity contribution in [2.24, 2.45) is 5.84 Å². The summed E-state index contributed by atoms with van der Waals surface area (Å²) in [6, 6.07) is 8.53. The molecule has 2 heterocycles. The molecule has 2 atom stereocenters. The van der Waals surface area contributed by atoms with Gasteiger partial charge in [-0.25, -0.2) is 0 Å². The first kappa shape index (κ1) is 13.2. The highest BCUT2D eigenvalue weighted by Crippen LogP contribution is 2.35. The monoisotopic (exact) mass is 291 g/mol. The minimum Gasteiger partial charge on any atom is -0.271 e. The van der Waals surface area contributed by atoms with E-state index in [1.807, 2.05) is 42.0 Å². The third-order valence-corrected chi connectivity index (χ3v) is 6.29. The van der Waals surface area contributed by atoms with Crippen LogP contribution in [-0.2, 0) is 0 Å². The molecule has 3 nitrogen and oxygen atoms in total. The molecule has 1 aliphatic heterocycles. The Morgan fingerprint density at radius 2 is 2.16 bits per heavy atom. The summed E-state index contributed by atoms with van der Waals surface area (Å²) >= 11 is 4.02. The van der Waals surface area contributed by atoms with Gasteiger partial charge in [0.05, 0.1) is 6.04 Å². The number of benzene rings is 1. The first-order chi connectivity index (χ1) is 9.40. The fourth-order valence-electron chi connectivity index (χ4n) is 2.48. The molecule has 0 spiro atoms. The number of hydrogen-bond acceptors (Lipinski definition) is 5. The van der Waals surface area contributed by atoms with Crippen molar-refractivity contribution in [3.8, 4) is 0 Å². The van der Waals surface area contributed by atoms with E-state index in [1.165, 1.54) is 27.8 Å². The van der Waals surface area contributed by atoms with Crippen LogP contribution in [0.4, 0.5) is 0 Å². The Morgan fingerprint density at radius 1 is 1.26 bits per heavy atom. The molecule has 1 aliphatic rings. The average Bonchev–Trinajstić information content (AvgIpc) is 2.49. The lowest BCUT2D eigenvalue weighted by molar-refractivity contribution is 0.555. The minimum absolute atomic E-state index is 0.163. The molecule has 0 saturated carbocycles. The zero-order valence-corrected chi connectivity index (χ0v) is 12.2. The number of nitrogens with one attached hydrogen (secondary N) is 1. The van der Waals surface area contributed by atoms with E-state index in [1.54, 1.807) is 0 Å². The molecule has 3 rings (SSSR count). The maximum Gasteiger partial charge on any atom is 0.0607 e. The molecular formula is C14H17N3S2. The number of fused-ring (bicyclic) bond motifs is 1. The van der Waals surface area contributed by atoms with Crippen LogP contribution in [0.25, 0.3) is 10.8 Å². The number of hydrogen-bond donors (Lipinski definition) is 2. The summed E-state index contributed by atoms with van der Waals surface area (Å²) in [5.41, 5.74) is 4.21. The Kier molecular flexibility index (Phi) is 4.28. The van der Waals surface area contributed by atoms with E-state index in [0.29, 0.717) is 5.25 Å². The predicted octanol–water partition coefficient (Wildman–Crippen LogP) is 2.59. The second-order valence-corrected chi connectivity index (χ2v) is 7.08. The normalized spacial score (nSPS) is 21.4. The molecule has 1 fully saturated rings. The largest absolute Gasteiger partial charge is 0.271 e. The van der Waals surface area contributed by atoms with Gasteiger partial charge in [-0.05, 0) is 10.9 Å². The molecule has 2 aromatic rings. The zero-order valence-electron chi connectivity index (χ0n) is 10.6. The summed E-state index contributed by atoms with van der Waals surface area (Å²) in [4.78, 5) is 4.36. The summed E-state index contributed by atoms with van der Waals surface area (Å²) in [6.45, 7) is 0. The van der Waals surface area contributed by atoms with Crippen LogP contribution in [0.3, 0.4) is 0 Å². The van der Waals surface area contributed by atoms with E-state index >= 15 is 0 Å². The Labute approximate surface area is 121 Å². The van der Waals surface area contributed by atoms with E-state index in [0.717, 1.165) is 5.75 Å². The molecular weight excluding hydrogens is 274 g/mol. The van der Waals surface area contributed by atoms with Gasteiger partial charge in [-0.1, -0.05) is 24.3 Å². The van der Waals surface area contributed by atoms with E-state index < -0.39 is 0 Å². The lowest BCUT2D eigenvalue weighted by Crippen LogP contribution is -2.37. The fourth-order valence-corrected chi connectivity index (χ4v) is 5.33. The first-order valence-electron chi connectivity index (χ1n) is 6.38. The van der Waals surface area contributed by atoms with Gasteiger partial charge in [-0.2, -0.15) is 23.5 Å². The van der Waals surface area contributed by atoms with Crippen molar-refractivity contribution in [3.05, 3.63) is 42.2 Å². The molecule has 19 heavy (non-hydrogen) atoms.